The summed E-state index contributed by atoms with van der Waals surface area (Å²) in [5.74, 6) is -6.89. The number of ether oxygens (including phenoxy) is 1. The summed E-state index contributed by atoms with van der Waals surface area (Å²) in [7, 11) is 0. The van der Waals surface area contributed by atoms with Gasteiger partial charge in [0.05, 0.1) is 0 Å². The van der Waals surface area contributed by atoms with Crippen molar-refractivity contribution in [1.82, 2.24) is 19.6 Å². The molecule has 2 saturated heterocycles. The molecule has 2 fully saturated rings. The number of nitrogens with zero attached hydrogens (tertiary/aromatic N) is 4. The van der Waals surface area contributed by atoms with Gasteiger partial charge in [-0.2, -0.15) is 8.78 Å². The Morgan fingerprint density at radius 1 is 0.703 bits per heavy atom. The van der Waals surface area contributed by atoms with Gasteiger partial charge in [0.15, 0.2) is 10.2 Å². The number of benzene rings is 1. The molecule has 0 spiro atoms. The molecule has 2 heterocycles. The Bertz CT molecular complexity index is 1000. The van der Waals surface area contributed by atoms with E-state index in [9.17, 15) is 28.0 Å². The number of alkyl halides is 2. The predicted octanol–water partition coefficient (Wildman–Crippen LogP) is 2.60. The molecule has 0 bridgehead atoms. The summed E-state index contributed by atoms with van der Waals surface area (Å²) < 4.78 is 29.9. The SMILES string of the molecule is CCN1C(=O)C(C(c2ccc(OC(F)F)cc2)C2C(=O)N(CC)C(=S)N(CC)C2=O)C(=O)N(CC)C1=S. The molecule has 13 heteroatoms. The zero-order valence-electron chi connectivity index (χ0n) is 20.8. The Morgan fingerprint density at radius 2 is 1.03 bits per heavy atom. The number of amides is 4. The van der Waals surface area contributed by atoms with Crippen molar-refractivity contribution in [3.63, 3.8) is 0 Å². The lowest BCUT2D eigenvalue weighted by Crippen LogP contribution is -2.65. The molecule has 200 valence electrons. The molecule has 4 amide bonds. The van der Waals surface area contributed by atoms with Gasteiger partial charge in [0.2, 0.25) is 23.6 Å². The molecule has 0 saturated carbocycles. The first kappa shape index (κ1) is 28.5. The van der Waals surface area contributed by atoms with Crippen LogP contribution in [0, 0.1) is 11.8 Å². The van der Waals surface area contributed by atoms with Gasteiger partial charge >= 0.3 is 6.61 Å². The minimum atomic E-state index is -3.06. The number of halogens is 2. The number of hydrogen-bond donors (Lipinski definition) is 0. The van der Waals surface area contributed by atoms with E-state index in [1.807, 2.05) is 0 Å². The fourth-order valence-corrected chi connectivity index (χ4v) is 5.66. The molecular formula is C24H28F2N4O5S2. The molecule has 9 nitrogen and oxygen atoms in total. The van der Waals surface area contributed by atoms with Crippen LogP contribution >= 0.6 is 24.4 Å². The molecule has 3 rings (SSSR count). The third-order valence-corrected chi connectivity index (χ3v) is 7.41. The lowest BCUT2D eigenvalue weighted by Gasteiger charge is -2.45. The average Bonchev–Trinajstić information content (AvgIpc) is 2.84. The van der Waals surface area contributed by atoms with E-state index in [1.165, 1.54) is 43.9 Å². The van der Waals surface area contributed by atoms with Gasteiger partial charge in [-0.05, 0) is 69.8 Å². The number of carbonyl (C=O) groups is 4. The molecule has 37 heavy (non-hydrogen) atoms. The van der Waals surface area contributed by atoms with Crippen LogP contribution in [0.5, 0.6) is 5.75 Å². The van der Waals surface area contributed by atoms with Gasteiger partial charge in [0.1, 0.15) is 17.6 Å². The van der Waals surface area contributed by atoms with Gasteiger partial charge in [0.25, 0.3) is 0 Å². The molecule has 0 N–H and O–H groups in total. The minimum Gasteiger partial charge on any atom is -0.435 e. The first-order valence-corrected chi connectivity index (χ1v) is 12.7. The maximum absolute atomic E-state index is 13.7. The van der Waals surface area contributed by atoms with Crippen molar-refractivity contribution < 1.29 is 32.7 Å². The molecule has 1 aromatic carbocycles. The van der Waals surface area contributed by atoms with E-state index in [2.05, 4.69) is 4.74 Å². The van der Waals surface area contributed by atoms with Crippen molar-refractivity contribution in [2.75, 3.05) is 26.2 Å². The fraction of sp³-hybridized carbons (Fsp3) is 0.500. The van der Waals surface area contributed by atoms with E-state index in [0.29, 0.717) is 0 Å². The van der Waals surface area contributed by atoms with E-state index >= 15 is 0 Å². The second-order valence-electron chi connectivity index (χ2n) is 8.32. The maximum atomic E-state index is 13.7. The van der Waals surface area contributed by atoms with Crippen LogP contribution in [-0.4, -0.2) is 86.2 Å². The van der Waals surface area contributed by atoms with Crippen molar-refractivity contribution in [2.24, 2.45) is 11.8 Å². The van der Waals surface area contributed by atoms with Gasteiger partial charge in [-0.1, -0.05) is 12.1 Å². The van der Waals surface area contributed by atoms with Gasteiger partial charge in [-0.25, -0.2) is 0 Å². The van der Waals surface area contributed by atoms with Crippen LogP contribution in [0.3, 0.4) is 0 Å². The number of hydrogen-bond acceptors (Lipinski definition) is 7. The van der Waals surface area contributed by atoms with E-state index in [0.717, 1.165) is 0 Å². The molecular weight excluding hydrogens is 526 g/mol. The Morgan fingerprint density at radius 3 is 1.30 bits per heavy atom. The molecule has 0 radical (unpaired) electrons. The Balaban J connectivity index is 2.23. The van der Waals surface area contributed by atoms with Crippen LogP contribution in [0.2, 0.25) is 0 Å². The first-order valence-electron chi connectivity index (χ1n) is 11.9. The summed E-state index contributed by atoms with van der Waals surface area (Å²) in [6.07, 6.45) is 0. The quantitative estimate of drug-likeness (QED) is 0.342. The minimum absolute atomic E-state index is 0.0449. The average molecular weight is 555 g/mol. The van der Waals surface area contributed by atoms with Crippen LogP contribution < -0.4 is 4.74 Å². The Labute approximate surface area is 224 Å². The summed E-state index contributed by atoms with van der Waals surface area (Å²) >= 11 is 10.7. The smallest absolute Gasteiger partial charge is 0.387 e. The van der Waals surface area contributed by atoms with Crippen LogP contribution in [0.25, 0.3) is 0 Å². The summed E-state index contributed by atoms with van der Waals surface area (Å²) in [4.78, 5) is 59.8. The number of carbonyl (C=O) groups excluding carboxylic acids is 4. The van der Waals surface area contributed by atoms with E-state index in [-0.39, 0.29) is 47.7 Å². The lowest BCUT2D eigenvalue weighted by atomic mass is 9.73. The molecule has 2 aliphatic rings. The van der Waals surface area contributed by atoms with Gasteiger partial charge in [-0.15, -0.1) is 0 Å². The van der Waals surface area contributed by atoms with Crippen LogP contribution in [-0.2, 0) is 19.2 Å². The highest BCUT2D eigenvalue weighted by Crippen LogP contribution is 2.41. The van der Waals surface area contributed by atoms with Gasteiger partial charge < -0.3 is 4.74 Å². The summed E-state index contributed by atoms with van der Waals surface area (Å²) in [6.45, 7) is 4.42. The van der Waals surface area contributed by atoms with Crippen molar-refractivity contribution >= 4 is 58.3 Å². The Hall–Kier alpha value is -3.06. The van der Waals surface area contributed by atoms with Crippen LogP contribution in [0.15, 0.2) is 24.3 Å². The van der Waals surface area contributed by atoms with E-state index in [4.69, 9.17) is 24.4 Å². The molecule has 0 atom stereocenters. The largest absolute Gasteiger partial charge is 0.435 e. The monoisotopic (exact) mass is 554 g/mol. The predicted molar refractivity (Wildman–Crippen MR) is 138 cm³/mol. The van der Waals surface area contributed by atoms with E-state index < -0.39 is 48.0 Å². The topological polar surface area (TPSA) is 90.5 Å². The molecule has 2 aliphatic heterocycles. The van der Waals surface area contributed by atoms with Gasteiger partial charge in [-0.3, -0.25) is 38.8 Å². The molecule has 0 aromatic heterocycles. The zero-order valence-corrected chi connectivity index (χ0v) is 22.5. The molecule has 1 aromatic rings. The molecule has 0 aliphatic carbocycles. The van der Waals surface area contributed by atoms with Crippen molar-refractivity contribution in [2.45, 2.75) is 40.2 Å². The normalized spacial score (nSPS) is 18.3. The highest BCUT2D eigenvalue weighted by atomic mass is 32.1. The summed E-state index contributed by atoms with van der Waals surface area (Å²) in [5, 5.41) is 0.0899. The zero-order chi connectivity index (χ0) is 27.6. The number of thiocarbonyl (C=S) groups is 2. The fourth-order valence-electron chi connectivity index (χ4n) is 4.78. The number of rotatable bonds is 9. The van der Waals surface area contributed by atoms with Crippen LogP contribution in [0.4, 0.5) is 8.78 Å². The maximum Gasteiger partial charge on any atom is 0.387 e. The van der Waals surface area contributed by atoms with E-state index in [1.54, 1.807) is 27.7 Å². The van der Waals surface area contributed by atoms with Crippen molar-refractivity contribution in [1.29, 1.82) is 0 Å². The van der Waals surface area contributed by atoms with Crippen molar-refractivity contribution in [3.8, 4) is 5.75 Å². The second kappa shape index (κ2) is 11.5. The highest BCUT2D eigenvalue weighted by Gasteiger charge is 2.55. The first-order chi connectivity index (χ1) is 17.5. The highest BCUT2D eigenvalue weighted by molar-refractivity contribution is 7.80. The third-order valence-electron chi connectivity index (χ3n) is 6.53. The molecule has 0 unspecified atom stereocenters. The summed E-state index contributed by atoms with van der Waals surface area (Å²) in [5.41, 5.74) is 0.264. The second-order valence-corrected chi connectivity index (χ2v) is 9.05. The lowest BCUT2D eigenvalue weighted by molar-refractivity contribution is -0.153. The Kier molecular flexibility index (Phi) is 8.90. The standard InChI is InChI=1S/C24H28F2N4O5S2/c1-5-27-18(31)16(19(32)28(6-2)23(27)36)15(13-9-11-14(12-10-13)35-22(25)26)17-20(33)29(7-3)24(37)30(8-4)21(17)34/h9-12,15-17,22H,5-8H2,1-4H3. The third kappa shape index (κ3) is 5.06. The van der Waals surface area contributed by atoms with Crippen molar-refractivity contribution in [3.05, 3.63) is 29.8 Å². The van der Waals surface area contributed by atoms with Gasteiger partial charge in [0, 0.05) is 32.1 Å². The summed E-state index contributed by atoms with van der Waals surface area (Å²) in [6, 6.07) is 5.23. The van der Waals surface area contributed by atoms with Crippen LogP contribution in [0.1, 0.15) is 39.2 Å².